The van der Waals surface area contributed by atoms with Crippen LogP contribution in [0.15, 0.2) is 0 Å². The lowest BCUT2D eigenvalue weighted by Crippen LogP contribution is -2.53. The zero-order chi connectivity index (χ0) is 12.2. The molecule has 0 amide bonds. The Bertz CT molecular complexity index is 280. The molecule has 1 aliphatic heterocycles. The average molecular weight is 243 g/mol. The molecule has 1 spiro atoms. The highest BCUT2D eigenvalue weighted by Crippen LogP contribution is 2.60. The molecule has 1 heterocycles. The molecule has 0 aromatic rings. The molecule has 1 saturated carbocycles. The fourth-order valence-corrected chi connectivity index (χ4v) is 5.21. The molecule has 2 fully saturated rings. The smallest absolute Gasteiger partial charge is 0.0680 e. The summed E-state index contributed by atoms with van der Waals surface area (Å²) in [5, 5.41) is 9.67. The van der Waals surface area contributed by atoms with Crippen LogP contribution in [-0.2, 0) is 0 Å². The van der Waals surface area contributed by atoms with E-state index in [1.807, 2.05) is 0 Å². The van der Waals surface area contributed by atoms with Crippen molar-refractivity contribution in [3.05, 3.63) is 0 Å². The van der Waals surface area contributed by atoms with Gasteiger partial charge in [-0.2, -0.15) is 0 Å². The summed E-state index contributed by atoms with van der Waals surface area (Å²) >= 11 is 2.12. The van der Waals surface area contributed by atoms with Crippen molar-refractivity contribution in [2.45, 2.75) is 74.6 Å². The van der Waals surface area contributed by atoms with Crippen LogP contribution < -0.4 is 0 Å². The van der Waals surface area contributed by atoms with Gasteiger partial charge in [0.15, 0.2) is 0 Å². The highest BCUT2D eigenvalue weighted by molar-refractivity contribution is 8.02. The lowest BCUT2D eigenvalue weighted by Gasteiger charge is -2.44. The maximum absolute atomic E-state index is 9.67. The Morgan fingerprint density at radius 1 is 1.12 bits per heavy atom. The number of nitrogens with zero attached hydrogens (tertiary/aromatic N) is 1. The van der Waals surface area contributed by atoms with Crippen molar-refractivity contribution >= 4 is 11.8 Å². The van der Waals surface area contributed by atoms with Crippen molar-refractivity contribution in [3.8, 4) is 0 Å². The van der Waals surface area contributed by atoms with E-state index in [9.17, 15) is 5.11 Å². The van der Waals surface area contributed by atoms with Crippen LogP contribution in [0.2, 0.25) is 0 Å². The first-order valence-corrected chi connectivity index (χ1v) is 7.15. The summed E-state index contributed by atoms with van der Waals surface area (Å²) in [4.78, 5) is 2.84. The second-order valence-electron chi connectivity index (χ2n) is 6.41. The third-order valence-corrected chi connectivity index (χ3v) is 7.18. The van der Waals surface area contributed by atoms with E-state index in [0.717, 1.165) is 25.7 Å². The summed E-state index contributed by atoms with van der Waals surface area (Å²) in [6, 6.07) is 0. The molecule has 0 aromatic carbocycles. The molecule has 0 unspecified atom stereocenters. The summed E-state index contributed by atoms with van der Waals surface area (Å²) < 4.78 is 0.282. The largest absolute Gasteiger partial charge is 0.393 e. The Balaban J connectivity index is 2.26. The molecule has 0 radical (unpaired) electrons. The number of thioether (sulfide) groups is 1. The summed E-state index contributed by atoms with van der Waals surface area (Å²) in [7, 11) is 2.26. The zero-order valence-corrected chi connectivity index (χ0v) is 12.0. The van der Waals surface area contributed by atoms with Crippen LogP contribution in [0.3, 0.4) is 0 Å². The van der Waals surface area contributed by atoms with Gasteiger partial charge in [0.25, 0.3) is 0 Å². The molecule has 1 aliphatic carbocycles. The van der Waals surface area contributed by atoms with Gasteiger partial charge in [-0.3, -0.25) is 4.90 Å². The van der Waals surface area contributed by atoms with Crippen LogP contribution in [0.25, 0.3) is 0 Å². The summed E-state index contributed by atoms with van der Waals surface area (Å²) in [5.41, 5.74) is 0.222. The number of hydrogen-bond donors (Lipinski definition) is 1. The first-order valence-electron chi connectivity index (χ1n) is 6.33. The predicted octanol–water partition coefficient (Wildman–Crippen LogP) is 2.85. The number of aliphatic hydroxyl groups is 1. The molecule has 2 rings (SSSR count). The van der Waals surface area contributed by atoms with Gasteiger partial charge in [-0.15, -0.1) is 11.8 Å². The van der Waals surface area contributed by atoms with Crippen LogP contribution in [0, 0.1) is 0 Å². The van der Waals surface area contributed by atoms with Gasteiger partial charge in [-0.1, -0.05) is 0 Å². The molecule has 94 valence electrons. The van der Waals surface area contributed by atoms with Crippen LogP contribution in [0.5, 0.6) is 0 Å². The lowest BCUT2D eigenvalue weighted by atomic mass is 9.84. The molecule has 16 heavy (non-hydrogen) atoms. The summed E-state index contributed by atoms with van der Waals surface area (Å²) in [6.45, 7) is 9.40. The second-order valence-corrected chi connectivity index (χ2v) is 8.39. The Hall–Kier alpha value is 0.270. The molecule has 3 heteroatoms. The van der Waals surface area contributed by atoms with E-state index in [-0.39, 0.29) is 21.3 Å². The fourth-order valence-electron chi connectivity index (χ4n) is 3.07. The molecule has 2 aliphatic rings. The van der Waals surface area contributed by atoms with Gasteiger partial charge in [0.1, 0.15) is 0 Å². The minimum Gasteiger partial charge on any atom is -0.393 e. The van der Waals surface area contributed by atoms with Gasteiger partial charge in [0, 0.05) is 10.3 Å². The summed E-state index contributed by atoms with van der Waals surface area (Å²) in [6.07, 6.45) is 4.11. The lowest BCUT2D eigenvalue weighted by molar-refractivity contribution is 0.0273. The predicted molar refractivity (Wildman–Crippen MR) is 70.7 cm³/mol. The minimum atomic E-state index is -0.0635. The molecule has 0 atom stereocenters. The van der Waals surface area contributed by atoms with Crippen molar-refractivity contribution in [2.24, 2.45) is 0 Å². The Morgan fingerprint density at radius 3 is 2.00 bits per heavy atom. The molecule has 0 bridgehead atoms. The third kappa shape index (κ3) is 1.63. The number of hydrogen-bond acceptors (Lipinski definition) is 3. The highest BCUT2D eigenvalue weighted by Gasteiger charge is 2.59. The van der Waals surface area contributed by atoms with E-state index >= 15 is 0 Å². The van der Waals surface area contributed by atoms with Crippen LogP contribution in [0.1, 0.15) is 53.4 Å². The van der Waals surface area contributed by atoms with E-state index in [1.54, 1.807) is 0 Å². The van der Waals surface area contributed by atoms with Crippen molar-refractivity contribution in [3.63, 3.8) is 0 Å². The quantitative estimate of drug-likeness (QED) is 0.708. The SMILES string of the molecule is CN1C2(CCC(O)CC2)SC(C)(C)C1(C)C. The minimum absolute atomic E-state index is 0.0635. The molecule has 0 aromatic heterocycles. The topological polar surface area (TPSA) is 23.5 Å². The van der Waals surface area contributed by atoms with Gasteiger partial charge >= 0.3 is 0 Å². The Morgan fingerprint density at radius 2 is 1.62 bits per heavy atom. The van der Waals surface area contributed by atoms with E-state index in [4.69, 9.17) is 0 Å². The molecular weight excluding hydrogens is 218 g/mol. The Labute approximate surface area is 104 Å². The molecule has 1 N–H and O–H groups in total. The van der Waals surface area contributed by atoms with Crippen LogP contribution >= 0.6 is 11.8 Å². The highest BCUT2D eigenvalue weighted by atomic mass is 32.2. The van der Waals surface area contributed by atoms with Gasteiger partial charge in [0.2, 0.25) is 0 Å². The standard InChI is InChI=1S/C13H25NOS/c1-11(2)12(3,4)16-13(14(11)5)8-6-10(15)7-9-13/h10,15H,6-9H2,1-5H3. The van der Waals surface area contributed by atoms with Crippen molar-refractivity contribution < 1.29 is 5.11 Å². The van der Waals surface area contributed by atoms with Crippen LogP contribution in [-0.4, -0.2) is 38.3 Å². The van der Waals surface area contributed by atoms with Crippen molar-refractivity contribution in [1.82, 2.24) is 4.90 Å². The summed E-state index contributed by atoms with van der Waals surface area (Å²) in [5.74, 6) is 0. The van der Waals surface area contributed by atoms with Gasteiger partial charge < -0.3 is 5.11 Å². The molecule has 1 saturated heterocycles. The first-order chi connectivity index (χ1) is 7.21. The monoisotopic (exact) mass is 243 g/mol. The average Bonchev–Trinajstić information content (AvgIpc) is 2.31. The van der Waals surface area contributed by atoms with Gasteiger partial charge in [-0.25, -0.2) is 0 Å². The first kappa shape index (κ1) is 12.7. The zero-order valence-electron chi connectivity index (χ0n) is 11.2. The maximum atomic E-state index is 9.67. The Kier molecular flexibility index (Phi) is 2.89. The van der Waals surface area contributed by atoms with Gasteiger partial charge in [0.05, 0.1) is 11.0 Å². The maximum Gasteiger partial charge on any atom is 0.0680 e. The van der Waals surface area contributed by atoms with Crippen molar-refractivity contribution in [1.29, 1.82) is 0 Å². The van der Waals surface area contributed by atoms with Crippen molar-refractivity contribution in [2.75, 3.05) is 7.05 Å². The fraction of sp³-hybridized carbons (Fsp3) is 1.00. The van der Waals surface area contributed by atoms with E-state index in [1.165, 1.54) is 0 Å². The van der Waals surface area contributed by atoms with E-state index in [2.05, 4.69) is 51.4 Å². The molecule has 2 nitrogen and oxygen atoms in total. The van der Waals surface area contributed by atoms with E-state index < -0.39 is 0 Å². The molecular formula is C13H25NOS. The van der Waals surface area contributed by atoms with Crippen LogP contribution in [0.4, 0.5) is 0 Å². The normalized spacial score (nSPS) is 42.8. The number of rotatable bonds is 0. The van der Waals surface area contributed by atoms with E-state index in [0.29, 0.717) is 0 Å². The van der Waals surface area contributed by atoms with Gasteiger partial charge in [-0.05, 0) is 60.4 Å². The second kappa shape index (κ2) is 3.63. The number of aliphatic hydroxyl groups excluding tert-OH is 1. The third-order valence-electron chi connectivity index (χ3n) is 5.10.